The summed E-state index contributed by atoms with van der Waals surface area (Å²) in [4.78, 5) is 18.7. The number of carboxylic acids is 1. The molecule has 2 aliphatic rings. The molecule has 1 atom stereocenters. The van der Waals surface area contributed by atoms with Crippen molar-refractivity contribution < 1.29 is 14.4 Å². The van der Waals surface area contributed by atoms with Crippen molar-refractivity contribution in [3.05, 3.63) is 50.2 Å². The molecule has 0 amide bonds. The van der Waals surface area contributed by atoms with Crippen molar-refractivity contribution in [3.8, 4) is 10.4 Å². The number of aliphatic imine (C=N–C) groups is 1. The Morgan fingerprint density at radius 1 is 1.30 bits per heavy atom. The van der Waals surface area contributed by atoms with Gasteiger partial charge in [-0.05, 0) is 50.8 Å². The first-order chi connectivity index (χ1) is 12.9. The van der Waals surface area contributed by atoms with Gasteiger partial charge in [0.2, 0.25) is 0 Å². The minimum absolute atomic E-state index is 0.137. The van der Waals surface area contributed by atoms with Crippen molar-refractivity contribution in [1.29, 1.82) is 0 Å². The highest BCUT2D eigenvalue weighted by atomic mass is 35.5. The highest BCUT2D eigenvalue weighted by Crippen LogP contribution is 2.46. The van der Waals surface area contributed by atoms with Gasteiger partial charge in [0.15, 0.2) is 5.76 Å². The lowest BCUT2D eigenvalue weighted by Crippen LogP contribution is -2.11. The molecule has 0 fully saturated rings. The van der Waals surface area contributed by atoms with Crippen LogP contribution >= 0.6 is 22.9 Å². The molecule has 2 aromatic rings. The summed E-state index contributed by atoms with van der Waals surface area (Å²) in [6.07, 6.45) is 5.30. The van der Waals surface area contributed by atoms with E-state index in [-0.39, 0.29) is 6.42 Å². The first-order valence-corrected chi connectivity index (χ1v) is 9.98. The lowest BCUT2D eigenvalue weighted by molar-refractivity contribution is -0.137. The molecule has 1 N–H and O–H groups in total. The average Bonchev–Trinajstić information content (AvgIpc) is 3.08. The van der Waals surface area contributed by atoms with Gasteiger partial charge in [0.1, 0.15) is 6.04 Å². The summed E-state index contributed by atoms with van der Waals surface area (Å²) in [5.41, 5.74) is 5.81. The standard InChI is InChI=1S/C20H19ClN2O3S/c1-9-11(3)27-20-16(9)18(12-4-6-13(21)7-5-12)22-14(8-15(24)25)19-17(20)10(2)23-26-19/h4,6,14H,5,7-8H2,1-3H3,(H,24,25)/t14-/m1/s1. The number of aryl methyl sites for hydroxylation is 2. The molecular formula is C20H19ClN2O3S. The number of aromatic nitrogens is 1. The van der Waals surface area contributed by atoms with Gasteiger partial charge >= 0.3 is 5.97 Å². The predicted molar refractivity (Wildman–Crippen MR) is 107 cm³/mol. The van der Waals surface area contributed by atoms with Crippen molar-refractivity contribution >= 4 is 34.6 Å². The maximum absolute atomic E-state index is 11.5. The second-order valence-electron chi connectivity index (χ2n) is 6.89. The number of rotatable bonds is 3. The van der Waals surface area contributed by atoms with E-state index in [4.69, 9.17) is 21.1 Å². The topological polar surface area (TPSA) is 75.7 Å². The van der Waals surface area contributed by atoms with Gasteiger partial charge in [0.25, 0.3) is 0 Å². The molecule has 1 aliphatic heterocycles. The number of carbonyl (C=O) groups is 1. The summed E-state index contributed by atoms with van der Waals surface area (Å²) in [6, 6.07) is -0.602. The van der Waals surface area contributed by atoms with Gasteiger partial charge in [0.05, 0.1) is 23.4 Å². The average molecular weight is 403 g/mol. The molecule has 4 rings (SSSR count). The Kier molecular flexibility index (Phi) is 4.56. The van der Waals surface area contributed by atoms with E-state index in [0.29, 0.717) is 5.76 Å². The van der Waals surface area contributed by atoms with Crippen LogP contribution < -0.4 is 0 Å². The van der Waals surface area contributed by atoms with E-state index in [2.05, 4.69) is 19.0 Å². The van der Waals surface area contributed by atoms with Gasteiger partial charge in [-0.15, -0.1) is 11.3 Å². The van der Waals surface area contributed by atoms with Crippen LogP contribution in [-0.2, 0) is 4.79 Å². The number of hydrogen-bond donors (Lipinski definition) is 1. The lowest BCUT2D eigenvalue weighted by atomic mass is 9.92. The Bertz CT molecular complexity index is 1040. The molecule has 2 aromatic heterocycles. The summed E-state index contributed by atoms with van der Waals surface area (Å²) in [6.45, 7) is 6.07. The van der Waals surface area contributed by atoms with Crippen molar-refractivity contribution in [1.82, 2.24) is 5.16 Å². The normalized spacial score (nSPS) is 18.8. The zero-order valence-corrected chi connectivity index (χ0v) is 16.9. The Morgan fingerprint density at radius 2 is 2.07 bits per heavy atom. The Hall–Kier alpha value is -2.18. The molecule has 27 heavy (non-hydrogen) atoms. The fourth-order valence-corrected chi connectivity index (χ4v) is 5.04. The number of allylic oxidation sites excluding steroid dienone is 4. The first kappa shape index (κ1) is 18.2. The Morgan fingerprint density at radius 3 is 2.74 bits per heavy atom. The van der Waals surface area contributed by atoms with E-state index >= 15 is 0 Å². The van der Waals surface area contributed by atoms with E-state index in [0.717, 1.165) is 56.4 Å². The van der Waals surface area contributed by atoms with Gasteiger partial charge in [-0.1, -0.05) is 22.8 Å². The van der Waals surface area contributed by atoms with E-state index in [1.807, 2.05) is 19.1 Å². The molecule has 1 aliphatic carbocycles. The van der Waals surface area contributed by atoms with Gasteiger partial charge < -0.3 is 9.63 Å². The number of hydrogen-bond acceptors (Lipinski definition) is 5. The minimum atomic E-state index is -0.915. The summed E-state index contributed by atoms with van der Waals surface area (Å²) in [5.74, 6) is -0.376. The van der Waals surface area contributed by atoms with Gasteiger partial charge in [0, 0.05) is 20.4 Å². The van der Waals surface area contributed by atoms with Crippen LogP contribution in [0.1, 0.15) is 52.8 Å². The lowest BCUT2D eigenvalue weighted by Gasteiger charge is -2.16. The molecule has 0 bridgehead atoms. The van der Waals surface area contributed by atoms with Crippen LogP contribution in [-0.4, -0.2) is 21.9 Å². The summed E-state index contributed by atoms with van der Waals surface area (Å²) < 4.78 is 5.57. The van der Waals surface area contributed by atoms with Gasteiger partial charge in [-0.3, -0.25) is 9.79 Å². The fourth-order valence-electron chi connectivity index (χ4n) is 3.61. The summed E-state index contributed by atoms with van der Waals surface area (Å²) >= 11 is 7.82. The molecule has 0 radical (unpaired) electrons. The van der Waals surface area contributed by atoms with E-state index in [9.17, 15) is 9.90 Å². The van der Waals surface area contributed by atoms with Crippen molar-refractivity contribution in [3.63, 3.8) is 0 Å². The van der Waals surface area contributed by atoms with Gasteiger partial charge in [-0.25, -0.2) is 0 Å². The third-order valence-corrected chi connectivity index (χ3v) is 6.64. The summed E-state index contributed by atoms with van der Waals surface area (Å²) in [7, 11) is 0. The fraction of sp³-hybridized carbons (Fsp3) is 0.350. The van der Waals surface area contributed by atoms with Crippen molar-refractivity contribution in [2.75, 3.05) is 0 Å². The van der Waals surface area contributed by atoms with Gasteiger partial charge in [-0.2, -0.15) is 0 Å². The van der Waals surface area contributed by atoms with E-state index in [1.165, 1.54) is 4.88 Å². The largest absolute Gasteiger partial charge is 0.481 e. The SMILES string of the molecule is Cc1noc2c1-c1sc(C)c(C)c1C(C1=CC=C(Cl)CC1)=N[C@@H]2CC(=O)O. The monoisotopic (exact) mass is 402 g/mol. The predicted octanol–water partition coefficient (Wildman–Crippen LogP) is 5.49. The number of fused-ring (bicyclic) bond motifs is 3. The number of carboxylic acid groups (broad SMARTS) is 1. The first-order valence-electron chi connectivity index (χ1n) is 8.79. The summed E-state index contributed by atoms with van der Waals surface area (Å²) in [5, 5.41) is 14.3. The maximum Gasteiger partial charge on any atom is 0.306 e. The molecule has 0 spiro atoms. The van der Waals surface area contributed by atoms with E-state index < -0.39 is 12.0 Å². The second kappa shape index (κ2) is 6.77. The van der Waals surface area contributed by atoms with Crippen molar-refractivity contribution in [2.24, 2.45) is 4.99 Å². The third-order valence-electron chi connectivity index (χ3n) is 5.10. The highest BCUT2D eigenvalue weighted by Gasteiger charge is 2.34. The number of nitrogens with zero attached hydrogens (tertiary/aromatic N) is 2. The van der Waals surface area contributed by atoms with Crippen LogP contribution in [0.4, 0.5) is 0 Å². The van der Waals surface area contributed by atoms with Crippen molar-refractivity contribution in [2.45, 2.75) is 46.1 Å². The van der Waals surface area contributed by atoms with E-state index in [1.54, 1.807) is 11.3 Å². The zero-order chi connectivity index (χ0) is 19.3. The molecular weight excluding hydrogens is 384 g/mol. The van der Waals surface area contributed by atoms with Crippen LogP contribution in [0.5, 0.6) is 0 Å². The molecule has 140 valence electrons. The Labute approximate surface area is 166 Å². The molecule has 7 heteroatoms. The molecule has 3 heterocycles. The molecule has 0 unspecified atom stereocenters. The minimum Gasteiger partial charge on any atom is -0.481 e. The third kappa shape index (κ3) is 3.07. The van der Waals surface area contributed by atoms with Crippen LogP contribution in [0, 0.1) is 20.8 Å². The maximum atomic E-state index is 11.5. The number of halogens is 1. The zero-order valence-electron chi connectivity index (χ0n) is 15.3. The highest BCUT2D eigenvalue weighted by molar-refractivity contribution is 7.16. The second-order valence-corrected chi connectivity index (χ2v) is 8.60. The number of aliphatic carboxylic acids is 1. The molecule has 5 nitrogen and oxygen atoms in total. The quantitative estimate of drug-likeness (QED) is 0.736. The van der Waals surface area contributed by atoms with Crippen LogP contribution in [0.3, 0.4) is 0 Å². The molecule has 0 saturated carbocycles. The van der Waals surface area contributed by atoms with Crippen LogP contribution in [0.15, 0.2) is 32.3 Å². The van der Waals surface area contributed by atoms with Crippen LogP contribution in [0.25, 0.3) is 10.4 Å². The Balaban J connectivity index is 2.00. The smallest absolute Gasteiger partial charge is 0.306 e. The molecule has 0 aromatic carbocycles. The number of thiophene rings is 1. The molecule has 0 saturated heterocycles. The van der Waals surface area contributed by atoms with Crippen LogP contribution in [0.2, 0.25) is 0 Å².